The largest absolute Gasteiger partial charge is 0.457 e. The maximum atomic E-state index is 13.4. The average Bonchev–Trinajstić information content (AvgIpc) is 2.88. The normalized spacial score (nSPS) is 12.0. The summed E-state index contributed by atoms with van der Waals surface area (Å²) < 4.78 is 45.4. The van der Waals surface area contributed by atoms with Crippen LogP contribution in [-0.4, -0.2) is 10.9 Å². The van der Waals surface area contributed by atoms with Gasteiger partial charge in [0.05, 0.1) is 11.6 Å². The number of urea groups is 1. The van der Waals surface area contributed by atoms with Gasteiger partial charge in [0.1, 0.15) is 11.5 Å². The molecule has 4 rings (SSSR count). The van der Waals surface area contributed by atoms with E-state index in [4.69, 9.17) is 16.3 Å². The molecule has 1 unspecified atom stereocenters. The van der Waals surface area contributed by atoms with E-state index >= 15 is 0 Å². The fourth-order valence-electron chi connectivity index (χ4n) is 3.81. The highest BCUT2D eigenvalue weighted by molar-refractivity contribution is 6.30. The Kier molecular flexibility index (Phi) is 8.04. The van der Waals surface area contributed by atoms with Gasteiger partial charge in [-0.05, 0) is 72.6 Å². The first-order chi connectivity index (χ1) is 17.7. The van der Waals surface area contributed by atoms with Crippen molar-refractivity contribution in [1.29, 1.82) is 0 Å². The summed E-state index contributed by atoms with van der Waals surface area (Å²) in [5, 5.41) is 3.22. The summed E-state index contributed by atoms with van der Waals surface area (Å²) in [6, 6.07) is 27.3. The second-order valence-electron chi connectivity index (χ2n) is 8.43. The molecule has 8 heteroatoms. The molecule has 0 radical (unpaired) electrons. The first kappa shape index (κ1) is 26.1. The summed E-state index contributed by atoms with van der Waals surface area (Å²) in [7, 11) is 0. The Hall–Kier alpha value is -3.97. The monoisotopic (exact) mass is 524 g/mol. The molecule has 0 spiro atoms. The van der Waals surface area contributed by atoms with Crippen molar-refractivity contribution in [3.05, 3.63) is 125 Å². The zero-order valence-electron chi connectivity index (χ0n) is 19.9. The van der Waals surface area contributed by atoms with E-state index in [-0.39, 0.29) is 18.3 Å². The summed E-state index contributed by atoms with van der Waals surface area (Å²) in [5.74, 6) is 1.18. The van der Waals surface area contributed by atoms with Crippen molar-refractivity contribution in [1.82, 2.24) is 4.90 Å². The maximum Gasteiger partial charge on any atom is 0.416 e. The van der Waals surface area contributed by atoms with E-state index in [1.807, 2.05) is 55.5 Å². The van der Waals surface area contributed by atoms with E-state index in [9.17, 15) is 18.0 Å². The highest BCUT2D eigenvalue weighted by Gasteiger charge is 2.31. The van der Waals surface area contributed by atoms with Gasteiger partial charge in [0.2, 0.25) is 0 Å². The molecular formula is C29H24ClF3N2O2. The molecule has 4 nitrogen and oxygen atoms in total. The number of hydrogen-bond acceptors (Lipinski definition) is 2. The van der Waals surface area contributed by atoms with Crippen LogP contribution in [0.1, 0.15) is 29.7 Å². The molecule has 0 bridgehead atoms. The number of benzene rings is 4. The molecule has 1 atom stereocenters. The van der Waals surface area contributed by atoms with Gasteiger partial charge in [-0.2, -0.15) is 13.2 Å². The number of rotatable bonds is 7. The first-order valence-electron chi connectivity index (χ1n) is 11.5. The minimum atomic E-state index is -4.51. The molecule has 1 N–H and O–H groups in total. The fraction of sp³-hybridized carbons (Fsp3) is 0.138. The van der Waals surface area contributed by atoms with Crippen molar-refractivity contribution in [2.24, 2.45) is 0 Å². The van der Waals surface area contributed by atoms with Crippen LogP contribution in [0.3, 0.4) is 0 Å². The van der Waals surface area contributed by atoms with Gasteiger partial charge < -0.3 is 15.0 Å². The molecule has 0 saturated heterocycles. The Labute approximate surface area is 218 Å². The molecule has 4 aromatic rings. The van der Waals surface area contributed by atoms with Crippen LogP contribution in [0.2, 0.25) is 5.02 Å². The molecule has 4 aromatic carbocycles. The Balaban J connectivity index is 1.58. The molecular weight excluding hydrogens is 501 g/mol. The number of nitrogens with one attached hydrogen (secondary N) is 1. The Bertz CT molecular complexity index is 1350. The molecule has 0 fully saturated rings. The third-order valence-corrected chi connectivity index (χ3v) is 6.00. The number of amides is 2. The topological polar surface area (TPSA) is 41.6 Å². The lowest BCUT2D eigenvalue weighted by Gasteiger charge is -2.30. The standard InChI is InChI=1S/C29H24ClF3N2O2/c1-20(22-8-3-2-4-9-22)35(28(36)34-25-11-6-10-23(18-25)29(31,32)33)19-21-7-5-12-27(17-21)37-26-15-13-24(30)14-16-26/h2-18,20H,19H2,1H3,(H,34,36). The number of ether oxygens (including phenoxy) is 1. The summed E-state index contributed by atoms with van der Waals surface area (Å²) in [4.78, 5) is 15.0. The van der Waals surface area contributed by atoms with Crippen LogP contribution >= 0.6 is 11.6 Å². The SMILES string of the molecule is CC(c1ccccc1)N(Cc1cccc(Oc2ccc(Cl)cc2)c1)C(=O)Nc1cccc(C(F)(F)F)c1. The van der Waals surface area contributed by atoms with Gasteiger partial charge in [-0.3, -0.25) is 0 Å². The molecule has 0 aromatic heterocycles. The van der Waals surface area contributed by atoms with Gasteiger partial charge >= 0.3 is 12.2 Å². The Morgan fingerprint density at radius 2 is 1.59 bits per heavy atom. The lowest BCUT2D eigenvalue weighted by atomic mass is 10.1. The predicted molar refractivity (Wildman–Crippen MR) is 139 cm³/mol. The molecule has 0 heterocycles. The quantitative estimate of drug-likeness (QED) is 0.262. The van der Waals surface area contributed by atoms with E-state index in [0.717, 1.165) is 23.3 Å². The number of nitrogens with zero attached hydrogens (tertiary/aromatic N) is 1. The van der Waals surface area contributed by atoms with E-state index in [2.05, 4.69) is 5.32 Å². The van der Waals surface area contributed by atoms with Crippen LogP contribution in [-0.2, 0) is 12.7 Å². The molecule has 0 saturated carbocycles. The number of carbonyl (C=O) groups excluding carboxylic acids is 1. The van der Waals surface area contributed by atoms with Crippen LogP contribution in [0.4, 0.5) is 23.7 Å². The van der Waals surface area contributed by atoms with E-state index in [0.29, 0.717) is 16.5 Å². The number of alkyl halides is 3. The van der Waals surface area contributed by atoms with Gasteiger partial charge in [-0.1, -0.05) is 60.1 Å². The lowest BCUT2D eigenvalue weighted by Crippen LogP contribution is -2.36. The second kappa shape index (κ2) is 11.4. The highest BCUT2D eigenvalue weighted by Crippen LogP contribution is 2.31. The number of halogens is 4. The average molecular weight is 525 g/mol. The minimum absolute atomic E-state index is 0.0601. The van der Waals surface area contributed by atoms with Crippen LogP contribution < -0.4 is 10.1 Å². The van der Waals surface area contributed by atoms with E-state index in [1.165, 1.54) is 12.1 Å². The number of carbonyl (C=O) groups is 1. The molecule has 0 aliphatic rings. The third kappa shape index (κ3) is 7.05. The minimum Gasteiger partial charge on any atom is -0.457 e. The molecule has 0 aliphatic heterocycles. The third-order valence-electron chi connectivity index (χ3n) is 5.75. The smallest absolute Gasteiger partial charge is 0.416 e. The van der Waals surface area contributed by atoms with E-state index < -0.39 is 17.8 Å². The van der Waals surface area contributed by atoms with Crippen molar-refractivity contribution < 1.29 is 22.7 Å². The van der Waals surface area contributed by atoms with Crippen LogP contribution in [0, 0.1) is 0 Å². The maximum absolute atomic E-state index is 13.4. The lowest BCUT2D eigenvalue weighted by molar-refractivity contribution is -0.137. The first-order valence-corrected chi connectivity index (χ1v) is 11.9. The fourth-order valence-corrected chi connectivity index (χ4v) is 3.93. The van der Waals surface area contributed by atoms with Gasteiger partial charge in [0, 0.05) is 17.3 Å². The van der Waals surface area contributed by atoms with Crippen molar-refractivity contribution in [3.8, 4) is 11.5 Å². The van der Waals surface area contributed by atoms with Crippen LogP contribution in [0.25, 0.3) is 0 Å². The molecule has 0 aliphatic carbocycles. The van der Waals surface area contributed by atoms with Crippen LogP contribution in [0.5, 0.6) is 11.5 Å². The van der Waals surface area contributed by atoms with Crippen LogP contribution in [0.15, 0.2) is 103 Å². The van der Waals surface area contributed by atoms with Gasteiger partial charge in [-0.15, -0.1) is 0 Å². The summed E-state index contributed by atoms with van der Waals surface area (Å²) >= 11 is 5.94. The number of hydrogen-bond donors (Lipinski definition) is 1. The highest BCUT2D eigenvalue weighted by atomic mass is 35.5. The van der Waals surface area contributed by atoms with E-state index in [1.54, 1.807) is 35.2 Å². The second-order valence-corrected chi connectivity index (χ2v) is 8.86. The summed E-state index contributed by atoms with van der Waals surface area (Å²) in [6.07, 6.45) is -4.51. The molecule has 2 amide bonds. The van der Waals surface area contributed by atoms with Gasteiger partial charge in [-0.25, -0.2) is 4.79 Å². The van der Waals surface area contributed by atoms with Gasteiger partial charge in [0.15, 0.2) is 0 Å². The van der Waals surface area contributed by atoms with Crippen molar-refractivity contribution in [2.75, 3.05) is 5.32 Å². The number of anilines is 1. The molecule has 190 valence electrons. The summed E-state index contributed by atoms with van der Waals surface area (Å²) in [6.45, 7) is 2.06. The summed E-state index contributed by atoms with van der Waals surface area (Å²) in [5.41, 5.74) is 0.897. The van der Waals surface area contributed by atoms with Gasteiger partial charge in [0.25, 0.3) is 0 Å². The zero-order chi connectivity index (χ0) is 26.4. The van der Waals surface area contributed by atoms with Crippen molar-refractivity contribution >= 4 is 23.3 Å². The Morgan fingerprint density at radius 3 is 2.30 bits per heavy atom. The zero-order valence-corrected chi connectivity index (χ0v) is 20.6. The van der Waals surface area contributed by atoms with Crippen molar-refractivity contribution in [2.45, 2.75) is 25.7 Å². The predicted octanol–water partition coefficient (Wildman–Crippen LogP) is 8.95. The molecule has 37 heavy (non-hydrogen) atoms. The Morgan fingerprint density at radius 1 is 0.892 bits per heavy atom. The van der Waals surface area contributed by atoms with Crippen molar-refractivity contribution in [3.63, 3.8) is 0 Å².